The summed E-state index contributed by atoms with van der Waals surface area (Å²) in [6.45, 7) is 1.54. The second-order valence-corrected chi connectivity index (χ2v) is 6.78. The number of rotatable bonds is 3. The molecule has 1 unspecified atom stereocenters. The average Bonchev–Trinajstić information content (AvgIpc) is 2.62. The van der Waals surface area contributed by atoms with Gasteiger partial charge in [0.05, 0.1) is 6.10 Å². The molecule has 2 heterocycles. The molecule has 0 bridgehead atoms. The van der Waals surface area contributed by atoms with E-state index < -0.39 is 28.5 Å². The van der Waals surface area contributed by atoms with E-state index in [1.54, 1.807) is 6.92 Å². The molecule has 0 aliphatic carbocycles. The van der Waals surface area contributed by atoms with Gasteiger partial charge < -0.3 is 29.3 Å². The lowest BCUT2D eigenvalue weighted by Crippen LogP contribution is -2.10. The van der Waals surface area contributed by atoms with Gasteiger partial charge in [-0.1, -0.05) is 0 Å². The molecule has 0 amide bonds. The van der Waals surface area contributed by atoms with Crippen molar-refractivity contribution in [2.75, 3.05) is 0 Å². The van der Waals surface area contributed by atoms with E-state index in [9.17, 15) is 30.0 Å². The van der Waals surface area contributed by atoms with E-state index in [1.165, 1.54) is 24.3 Å². The van der Waals surface area contributed by atoms with Gasteiger partial charge in [0.2, 0.25) is 0 Å². The molecule has 8 heteroatoms. The van der Waals surface area contributed by atoms with Crippen LogP contribution in [-0.2, 0) is 6.42 Å². The van der Waals surface area contributed by atoms with Crippen molar-refractivity contribution in [2.45, 2.75) is 19.4 Å². The van der Waals surface area contributed by atoms with Crippen molar-refractivity contribution in [3.05, 3.63) is 62.6 Å². The van der Waals surface area contributed by atoms with E-state index in [2.05, 4.69) is 0 Å². The monoisotopic (exact) mass is 396 g/mol. The van der Waals surface area contributed by atoms with Gasteiger partial charge in [-0.2, -0.15) is 0 Å². The third-order valence-electron chi connectivity index (χ3n) is 4.48. The smallest absolute Gasteiger partial charge is 0.197 e. The van der Waals surface area contributed by atoms with Crippen LogP contribution in [0.1, 0.15) is 12.7 Å². The van der Waals surface area contributed by atoms with E-state index >= 15 is 0 Å². The largest absolute Gasteiger partial charge is 0.507 e. The van der Waals surface area contributed by atoms with Crippen LogP contribution in [0.4, 0.5) is 0 Å². The number of aliphatic hydroxyl groups is 1. The normalized spacial score (nSPS) is 12.5. The molecule has 148 valence electrons. The van der Waals surface area contributed by atoms with Crippen LogP contribution in [0.5, 0.6) is 17.2 Å². The number of fused-ring (bicyclic) bond motifs is 3. The van der Waals surface area contributed by atoms with Crippen molar-refractivity contribution >= 4 is 21.9 Å². The van der Waals surface area contributed by atoms with Crippen LogP contribution >= 0.6 is 0 Å². The zero-order chi connectivity index (χ0) is 20.9. The molecule has 2 aromatic carbocycles. The number of hydrogen-bond donors (Lipinski definition) is 4. The highest BCUT2D eigenvalue weighted by molar-refractivity contribution is 6.05. The van der Waals surface area contributed by atoms with Gasteiger partial charge in [-0.3, -0.25) is 9.59 Å². The third-order valence-corrected chi connectivity index (χ3v) is 4.48. The van der Waals surface area contributed by atoms with Gasteiger partial charge in [-0.05, 0) is 25.1 Å². The highest BCUT2D eigenvalue weighted by Gasteiger charge is 2.19. The van der Waals surface area contributed by atoms with Crippen LogP contribution in [0, 0.1) is 0 Å². The zero-order valence-electron chi connectivity index (χ0n) is 15.2. The Morgan fingerprint density at radius 1 is 0.862 bits per heavy atom. The first-order valence-corrected chi connectivity index (χ1v) is 8.71. The van der Waals surface area contributed by atoms with Crippen LogP contribution < -0.4 is 10.9 Å². The first-order chi connectivity index (χ1) is 13.7. The summed E-state index contributed by atoms with van der Waals surface area (Å²) >= 11 is 0. The maximum Gasteiger partial charge on any atom is 0.197 e. The van der Waals surface area contributed by atoms with Gasteiger partial charge in [0.25, 0.3) is 0 Å². The summed E-state index contributed by atoms with van der Waals surface area (Å²) in [6, 6.07) is 7.33. The molecule has 0 radical (unpaired) electrons. The lowest BCUT2D eigenvalue weighted by atomic mass is 10.1. The van der Waals surface area contributed by atoms with Crippen LogP contribution in [-0.4, -0.2) is 26.5 Å². The predicted molar refractivity (Wildman–Crippen MR) is 104 cm³/mol. The van der Waals surface area contributed by atoms with Crippen molar-refractivity contribution in [3.63, 3.8) is 0 Å². The maximum atomic E-state index is 12.7. The lowest BCUT2D eigenvalue weighted by Gasteiger charge is -2.09. The number of aromatic hydroxyl groups is 3. The van der Waals surface area contributed by atoms with Gasteiger partial charge in [-0.15, -0.1) is 0 Å². The summed E-state index contributed by atoms with van der Waals surface area (Å²) < 4.78 is 11.4. The number of phenolic OH excluding ortho intramolecular Hbond substituents is 3. The van der Waals surface area contributed by atoms with Crippen LogP contribution in [0.3, 0.4) is 0 Å². The second kappa shape index (κ2) is 6.68. The first-order valence-electron chi connectivity index (χ1n) is 8.71. The van der Waals surface area contributed by atoms with Crippen LogP contribution in [0.15, 0.2) is 54.8 Å². The molecule has 0 aliphatic rings. The minimum Gasteiger partial charge on any atom is -0.507 e. The fraction of sp³-hybridized carbons (Fsp3) is 0.143. The Bertz CT molecular complexity index is 1380. The summed E-state index contributed by atoms with van der Waals surface area (Å²) in [5.41, 5.74) is -0.966. The summed E-state index contributed by atoms with van der Waals surface area (Å²) in [7, 11) is 0. The van der Waals surface area contributed by atoms with E-state index in [0.29, 0.717) is 0 Å². The molecule has 0 saturated carbocycles. The minimum absolute atomic E-state index is 0.00648. The molecule has 0 spiro atoms. The highest BCUT2D eigenvalue weighted by Crippen LogP contribution is 2.34. The van der Waals surface area contributed by atoms with Crippen molar-refractivity contribution in [2.24, 2.45) is 0 Å². The van der Waals surface area contributed by atoms with E-state index in [1.807, 2.05) is 0 Å². The Morgan fingerprint density at radius 3 is 2.28 bits per heavy atom. The van der Waals surface area contributed by atoms with Gasteiger partial charge in [-0.25, -0.2) is 0 Å². The third kappa shape index (κ3) is 3.19. The SMILES string of the molecule is CC(O)Cc1cc(=O)c2c(cc(O)c3c(=O)cc(-c4ccc(O)c(O)c4)oc32)o1. The second-order valence-electron chi connectivity index (χ2n) is 6.78. The maximum absolute atomic E-state index is 12.7. The Labute approximate surface area is 162 Å². The Hall–Kier alpha value is -3.78. The molecular formula is C21H16O8. The molecule has 0 saturated heterocycles. The molecule has 4 N–H and O–H groups in total. The van der Waals surface area contributed by atoms with E-state index in [4.69, 9.17) is 8.83 Å². The van der Waals surface area contributed by atoms with Gasteiger partial charge >= 0.3 is 0 Å². The summed E-state index contributed by atoms with van der Waals surface area (Å²) in [5, 5.41) is 38.8. The molecule has 4 aromatic rings. The van der Waals surface area contributed by atoms with E-state index in [0.717, 1.165) is 12.1 Å². The topological polar surface area (TPSA) is 141 Å². The summed E-state index contributed by atoms with van der Waals surface area (Å²) in [6.07, 6.45) is -0.642. The fourth-order valence-electron chi connectivity index (χ4n) is 3.21. The first kappa shape index (κ1) is 18.6. The van der Waals surface area contributed by atoms with Crippen LogP contribution in [0.25, 0.3) is 33.3 Å². The predicted octanol–water partition coefficient (Wildman–Crippen LogP) is 2.61. The minimum atomic E-state index is -0.739. The zero-order valence-corrected chi connectivity index (χ0v) is 15.2. The highest BCUT2D eigenvalue weighted by atomic mass is 16.4. The van der Waals surface area contributed by atoms with Gasteiger partial charge in [0.15, 0.2) is 27.9 Å². The van der Waals surface area contributed by atoms with Gasteiger partial charge in [0, 0.05) is 30.2 Å². The molecule has 0 fully saturated rings. The molecular weight excluding hydrogens is 380 g/mol. The molecule has 4 rings (SSSR count). The Balaban J connectivity index is 2.06. The van der Waals surface area contributed by atoms with E-state index in [-0.39, 0.29) is 51.2 Å². The molecule has 1 atom stereocenters. The lowest BCUT2D eigenvalue weighted by molar-refractivity contribution is 0.187. The summed E-state index contributed by atoms with van der Waals surface area (Å²) in [4.78, 5) is 25.3. The number of phenols is 3. The number of benzene rings is 2. The molecule has 2 aromatic heterocycles. The number of aliphatic hydroxyl groups excluding tert-OH is 1. The quantitative estimate of drug-likeness (QED) is 0.306. The Morgan fingerprint density at radius 2 is 1.59 bits per heavy atom. The molecule has 29 heavy (non-hydrogen) atoms. The van der Waals surface area contributed by atoms with Gasteiger partial charge in [0.1, 0.15) is 33.6 Å². The van der Waals surface area contributed by atoms with Crippen LogP contribution in [0.2, 0.25) is 0 Å². The fourth-order valence-corrected chi connectivity index (χ4v) is 3.21. The average molecular weight is 396 g/mol. The van der Waals surface area contributed by atoms with Crippen molar-refractivity contribution in [3.8, 4) is 28.6 Å². The molecule has 0 aliphatic heterocycles. The molecule has 8 nitrogen and oxygen atoms in total. The van der Waals surface area contributed by atoms with Crippen molar-refractivity contribution < 1.29 is 29.3 Å². The van der Waals surface area contributed by atoms with Crippen molar-refractivity contribution in [1.29, 1.82) is 0 Å². The van der Waals surface area contributed by atoms with Crippen molar-refractivity contribution in [1.82, 2.24) is 0 Å². The summed E-state index contributed by atoms with van der Waals surface area (Å²) in [5.74, 6) is -0.923. The Kier molecular flexibility index (Phi) is 4.28. The standard InChI is InChI=1S/C21H16O8/c1-9(22)4-11-6-14(25)20-18(28-11)8-16(27)19-15(26)7-17(29-21(19)20)10-2-3-12(23)13(24)5-10/h2-3,5-9,22-24,27H,4H2,1H3. The number of hydrogen-bond acceptors (Lipinski definition) is 8.